The maximum absolute atomic E-state index is 11.0. The van der Waals surface area contributed by atoms with Crippen molar-refractivity contribution in [2.45, 2.75) is 0 Å². The van der Waals surface area contributed by atoms with Crippen LogP contribution in [-0.2, 0) is 0 Å². The molecule has 0 saturated heterocycles. The van der Waals surface area contributed by atoms with E-state index < -0.39 is 5.97 Å². The number of aromatic nitrogens is 1. The van der Waals surface area contributed by atoms with Crippen molar-refractivity contribution in [3.63, 3.8) is 0 Å². The number of nitrogens with zero attached hydrogens (tertiary/aromatic N) is 1. The lowest BCUT2D eigenvalue weighted by Gasteiger charge is -1.95. The summed E-state index contributed by atoms with van der Waals surface area (Å²) in [5.74, 6) is -0.938. The Balaban J connectivity index is 0.00000120. The molecule has 0 aliphatic heterocycles. The van der Waals surface area contributed by atoms with Gasteiger partial charge >= 0.3 is 5.97 Å². The minimum Gasteiger partial charge on any atom is -0.478 e. The van der Waals surface area contributed by atoms with Crippen molar-refractivity contribution in [3.05, 3.63) is 54.2 Å². The first-order valence-electron chi connectivity index (χ1n) is 5.26. The molecular formula is C14H10ClNO2. The lowest BCUT2D eigenvalue weighted by Crippen LogP contribution is -1.93. The minimum absolute atomic E-state index is 0. The fourth-order valence-electron chi connectivity index (χ4n) is 1.99. The lowest BCUT2D eigenvalue weighted by atomic mass is 10.1. The molecule has 0 unspecified atom stereocenters. The quantitative estimate of drug-likeness (QED) is 0.728. The number of carbonyl (C=O) groups is 1. The highest BCUT2D eigenvalue weighted by Crippen LogP contribution is 2.24. The van der Waals surface area contributed by atoms with Crippen molar-refractivity contribution in [2.24, 2.45) is 0 Å². The number of fused-ring (bicyclic) bond motifs is 2. The van der Waals surface area contributed by atoms with E-state index in [-0.39, 0.29) is 18.0 Å². The van der Waals surface area contributed by atoms with Gasteiger partial charge in [0.2, 0.25) is 0 Å². The van der Waals surface area contributed by atoms with Gasteiger partial charge < -0.3 is 5.11 Å². The number of aromatic carboxylic acids is 1. The topological polar surface area (TPSA) is 50.2 Å². The molecule has 0 fully saturated rings. The van der Waals surface area contributed by atoms with E-state index in [0.29, 0.717) is 5.39 Å². The van der Waals surface area contributed by atoms with Gasteiger partial charge in [0, 0.05) is 11.6 Å². The van der Waals surface area contributed by atoms with E-state index in [1.54, 1.807) is 0 Å². The van der Waals surface area contributed by atoms with Crippen molar-refractivity contribution in [3.8, 4) is 0 Å². The first-order chi connectivity index (χ1) is 8.25. The average Bonchev–Trinajstić information content (AvgIpc) is 2.57. The molecule has 0 bridgehead atoms. The second kappa shape index (κ2) is 4.63. The summed E-state index contributed by atoms with van der Waals surface area (Å²) in [5, 5.41) is 11.8. The van der Waals surface area contributed by atoms with Crippen LogP contribution in [0.2, 0.25) is 0 Å². The summed E-state index contributed by atoms with van der Waals surface area (Å²) in [5.41, 5.74) is 0.981. The Morgan fingerprint density at radius 1 is 1.06 bits per heavy atom. The second-order valence-corrected chi connectivity index (χ2v) is 3.89. The van der Waals surface area contributed by atoms with Gasteiger partial charge in [-0.15, -0.1) is 12.4 Å². The van der Waals surface area contributed by atoms with Crippen molar-refractivity contribution in [1.82, 2.24) is 4.98 Å². The fraction of sp³-hybridized carbons (Fsp3) is 0. The first-order valence-corrected chi connectivity index (χ1v) is 5.26. The molecule has 2 aromatic carbocycles. The van der Waals surface area contributed by atoms with E-state index in [2.05, 4.69) is 4.98 Å². The molecule has 3 nitrogen and oxygen atoms in total. The Hall–Kier alpha value is -2.13. The summed E-state index contributed by atoms with van der Waals surface area (Å²) in [7, 11) is 0. The Morgan fingerprint density at radius 3 is 2.39 bits per heavy atom. The summed E-state index contributed by atoms with van der Waals surface area (Å²) >= 11 is 0. The van der Waals surface area contributed by atoms with Crippen LogP contribution in [0.15, 0.2) is 48.7 Å². The van der Waals surface area contributed by atoms with Gasteiger partial charge in [-0.1, -0.05) is 30.3 Å². The molecule has 3 aromatic rings. The van der Waals surface area contributed by atoms with E-state index in [9.17, 15) is 4.79 Å². The molecule has 0 aliphatic rings. The number of hydrogen-bond acceptors (Lipinski definition) is 2. The Morgan fingerprint density at radius 2 is 1.72 bits per heavy atom. The molecule has 1 heterocycles. The highest BCUT2D eigenvalue weighted by Gasteiger charge is 2.11. The van der Waals surface area contributed by atoms with Gasteiger partial charge in [0.05, 0.1) is 11.1 Å². The zero-order valence-corrected chi connectivity index (χ0v) is 10.1. The van der Waals surface area contributed by atoms with Crippen LogP contribution in [-0.4, -0.2) is 16.1 Å². The van der Waals surface area contributed by atoms with E-state index >= 15 is 0 Å². The molecule has 0 radical (unpaired) electrons. The number of halogens is 1. The van der Waals surface area contributed by atoms with Gasteiger partial charge in [-0.05, 0) is 22.9 Å². The van der Waals surface area contributed by atoms with Gasteiger partial charge in [-0.2, -0.15) is 0 Å². The van der Waals surface area contributed by atoms with Gasteiger partial charge in [-0.3, -0.25) is 4.98 Å². The molecule has 0 atom stereocenters. The number of rotatable bonds is 1. The molecule has 4 heteroatoms. The smallest absolute Gasteiger partial charge is 0.337 e. The minimum atomic E-state index is -0.938. The SMILES string of the molecule is Cl.O=C(O)c1cnc2cc3cccccc3cc12. The summed E-state index contributed by atoms with van der Waals surface area (Å²) in [4.78, 5) is 15.2. The average molecular weight is 260 g/mol. The normalized spacial score (nSPS) is 10.2. The monoisotopic (exact) mass is 259 g/mol. The van der Waals surface area contributed by atoms with Crippen molar-refractivity contribution in [2.75, 3.05) is 0 Å². The number of benzene rings is 1. The summed E-state index contributed by atoms with van der Waals surface area (Å²) < 4.78 is 0. The standard InChI is InChI=1S/C14H9NO2.ClH/c16-14(17)12-8-15-13-7-10-5-3-1-2-4-9(10)6-11(12)13;/h1-8H,(H,16,17);1H. The molecule has 0 spiro atoms. The van der Waals surface area contributed by atoms with E-state index in [0.717, 1.165) is 16.3 Å². The second-order valence-electron chi connectivity index (χ2n) is 3.89. The maximum atomic E-state index is 11.0. The molecular weight excluding hydrogens is 250 g/mol. The van der Waals surface area contributed by atoms with Gasteiger partial charge in [0.15, 0.2) is 0 Å². The number of hydrogen-bond donors (Lipinski definition) is 1. The van der Waals surface area contributed by atoms with Crippen LogP contribution in [0.5, 0.6) is 0 Å². The first kappa shape index (κ1) is 12.3. The summed E-state index contributed by atoms with van der Waals surface area (Å²) in [6, 6.07) is 13.6. The molecule has 18 heavy (non-hydrogen) atoms. The maximum Gasteiger partial charge on any atom is 0.337 e. The summed E-state index contributed by atoms with van der Waals surface area (Å²) in [6.07, 6.45) is 1.41. The third kappa shape index (κ3) is 1.89. The highest BCUT2D eigenvalue weighted by atomic mass is 35.5. The van der Waals surface area contributed by atoms with Crippen LogP contribution in [0.25, 0.3) is 21.7 Å². The predicted molar refractivity (Wildman–Crippen MR) is 73.5 cm³/mol. The molecule has 1 aromatic heterocycles. The predicted octanol–water partition coefficient (Wildman–Crippen LogP) is 3.51. The molecule has 1 N–H and O–H groups in total. The van der Waals surface area contributed by atoms with Gasteiger partial charge in [-0.25, -0.2) is 4.79 Å². The van der Waals surface area contributed by atoms with Crippen LogP contribution in [0.1, 0.15) is 10.4 Å². The molecule has 0 aliphatic carbocycles. The lowest BCUT2D eigenvalue weighted by molar-refractivity contribution is 0.0699. The van der Waals surface area contributed by atoms with Crippen molar-refractivity contribution >= 4 is 40.1 Å². The van der Waals surface area contributed by atoms with Gasteiger partial charge in [0.1, 0.15) is 0 Å². The Labute approximate surface area is 109 Å². The van der Waals surface area contributed by atoms with E-state index in [1.807, 2.05) is 42.5 Å². The third-order valence-electron chi connectivity index (χ3n) is 2.83. The van der Waals surface area contributed by atoms with Crippen LogP contribution in [0.3, 0.4) is 0 Å². The molecule has 3 rings (SSSR count). The van der Waals surface area contributed by atoms with E-state index in [1.165, 1.54) is 6.20 Å². The zero-order valence-electron chi connectivity index (χ0n) is 9.33. The van der Waals surface area contributed by atoms with Crippen molar-refractivity contribution < 1.29 is 9.90 Å². The van der Waals surface area contributed by atoms with Crippen molar-refractivity contribution in [1.29, 1.82) is 0 Å². The Kier molecular flexibility index (Phi) is 3.17. The van der Waals surface area contributed by atoms with E-state index in [4.69, 9.17) is 5.11 Å². The number of carboxylic acid groups (broad SMARTS) is 1. The van der Waals surface area contributed by atoms with Crippen LogP contribution >= 0.6 is 12.4 Å². The third-order valence-corrected chi connectivity index (χ3v) is 2.83. The number of carboxylic acids is 1. The highest BCUT2D eigenvalue weighted by molar-refractivity contribution is 6.07. The van der Waals surface area contributed by atoms with Crippen LogP contribution in [0, 0.1) is 0 Å². The fourth-order valence-corrected chi connectivity index (χ4v) is 1.99. The van der Waals surface area contributed by atoms with Crippen LogP contribution in [0.4, 0.5) is 0 Å². The van der Waals surface area contributed by atoms with Crippen LogP contribution < -0.4 is 0 Å². The zero-order chi connectivity index (χ0) is 11.8. The summed E-state index contributed by atoms with van der Waals surface area (Å²) in [6.45, 7) is 0. The van der Waals surface area contributed by atoms with Gasteiger partial charge in [0.25, 0.3) is 0 Å². The Bertz CT molecular complexity index is 740. The largest absolute Gasteiger partial charge is 0.478 e. The molecule has 0 amide bonds. The molecule has 90 valence electrons. The molecule has 0 saturated carbocycles.